The predicted molar refractivity (Wildman–Crippen MR) is 100 cm³/mol. The zero-order valence-electron chi connectivity index (χ0n) is 16.8. The zero-order chi connectivity index (χ0) is 18.4. The Bertz CT molecular complexity index is 674. The quantitative estimate of drug-likeness (QED) is 0.538. The molecule has 1 aliphatic rings. The highest BCUT2D eigenvalue weighted by molar-refractivity contribution is 5.78. The van der Waals surface area contributed by atoms with Crippen molar-refractivity contribution in [2.45, 2.75) is 68.9 Å². The molecule has 0 radical (unpaired) electrons. The molecule has 0 saturated heterocycles. The molecule has 2 rings (SSSR count). The lowest BCUT2D eigenvalue weighted by Gasteiger charge is -2.18. The maximum Gasteiger partial charge on any atom is 0.310 e. The minimum Gasteiger partial charge on any atom is -0.461 e. The Morgan fingerprint density at radius 3 is 1.88 bits per heavy atom. The van der Waals surface area contributed by atoms with E-state index in [9.17, 15) is 4.79 Å². The summed E-state index contributed by atoms with van der Waals surface area (Å²) in [6.45, 7) is 19.6. The molecule has 24 heavy (non-hydrogen) atoms. The van der Waals surface area contributed by atoms with Crippen LogP contribution in [0.25, 0.3) is 0 Å². The molecule has 0 N–H and O–H groups in total. The van der Waals surface area contributed by atoms with Crippen LogP contribution in [-0.4, -0.2) is 5.97 Å². The molecule has 0 spiro atoms. The molecule has 1 aromatic carbocycles. The number of rotatable bonds is 4. The van der Waals surface area contributed by atoms with Crippen LogP contribution < -0.4 is 0 Å². The number of esters is 1. The molecule has 2 atom stereocenters. The lowest BCUT2D eigenvalue weighted by molar-refractivity contribution is -0.147. The Hall–Kier alpha value is -1.57. The average molecular weight is 328 g/mol. The fraction of sp³-hybridized carbons (Fsp3) is 0.591. The van der Waals surface area contributed by atoms with Gasteiger partial charge < -0.3 is 4.74 Å². The van der Waals surface area contributed by atoms with Crippen LogP contribution in [0.4, 0.5) is 0 Å². The summed E-state index contributed by atoms with van der Waals surface area (Å²) in [5, 5.41) is 0. The van der Waals surface area contributed by atoms with E-state index in [-0.39, 0.29) is 17.3 Å². The van der Waals surface area contributed by atoms with E-state index in [1.54, 1.807) is 0 Å². The summed E-state index contributed by atoms with van der Waals surface area (Å²) in [6.07, 6.45) is 2.21. The van der Waals surface area contributed by atoms with E-state index in [1.807, 2.05) is 0 Å². The SMILES string of the molecule is CC(C)=CC1C(C(=O)OCc2c(C)c(C)c(C)c(C)c2C)C1(C)C. The zero-order valence-corrected chi connectivity index (χ0v) is 16.8. The number of carbonyl (C=O) groups excluding carboxylic acids is 1. The molecule has 2 heteroatoms. The summed E-state index contributed by atoms with van der Waals surface area (Å²) in [7, 11) is 0. The number of carbonyl (C=O) groups is 1. The van der Waals surface area contributed by atoms with Crippen molar-refractivity contribution in [2.75, 3.05) is 0 Å². The second kappa shape index (κ2) is 6.38. The van der Waals surface area contributed by atoms with Gasteiger partial charge in [-0.05, 0) is 93.2 Å². The predicted octanol–water partition coefficient (Wildman–Crippen LogP) is 5.51. The van der Waals surface area contributed by atoms with E-state index in [4.69, 9.17) is 4.74 Å². The lowest BCUT2D eigenvalue weighted by Crippen LogP contribution is -2.13. The van der Waals surface area contributed by atoms with Gasteiger partial charge >= 0.3 is 5.97 Å². The van der Waals surface area contributed by atoms with Gasteiger partial charge in [-0.25, -0.2) is 0 Å². The molecule has 2 unspecified atom stereocenters. The van der Waals surface area contributed by atoms with Gasteiger partial charge in [0.25, 0.3) is 0 Å². The summed E-state index contributed by atoms with van der Waals surface area (Å²) >= 11 is 0. The van der Waals surface area contributed by atoms with Crippen molar-refractivity contribution in [3.63, 3.8) is 0 Å². The third-order valence-electron chi connectivity index (χ3n) is 6.19. The number of ether oxygens (including phenoxy) is 1. The molecule has 2 nitrogen and oxygen atoms in total. The van der Waals surface area contributed by atoms with E-state index in [2.05, 4.69) is 68.4 Å². The van der Waals surface area contributed by atoms with Gasteiger partial charge in [0.05, 0.1) is 5.92 Å². The minimum atomic E-state index is -0.0582. The van der Waals surface area contributed by atoms with Crippen molar-refractivity contribution in [3.05, 3.63) is 45.0 Å². The molecule has 1 aromatic rings. The van der Waals surface area contributed by atoms with Gasteiger partial charge in [0.1, 0.15) is 6.61 Å². The Balaban J connectivity index is 2.16. The third-order valence-corrected chi connectivity index (χ3v) is 6.19. The fourth-order valence-electron chi connectivity index (χ4n) is 3.83. The molecule has 0 aliphatic heterocycles. The maximum atomic E-state index is 12.6. The van der Waals surface area contributed by atoms with Gasteiger partial charge in [0.2, 0.25) is 0 Å². The molecule has 0 heterocycles. The van der Waals surface area contributed by atoms with Gasteiger partial charge in [-0.3, -0.25) is 4.79 Å². The number of benzene rings is 1. The number of allylic oxidation sites excluding steroid dienone is 2. The summed E-state index contributed by atoms with van der Waals surface area (Å²) < 4.78 is 5.74. The first-order valence-electron chi connectivity index (χ1n) is 8.87. The Morgan fingerprint density at radius 2 is 1.42 bits per heavy atom. The molecule has 1 fully saturated rings. The number of hydrogen-bond donors (Lipinski definition) is 0. The van der Waals surface area contributed by atoms with Gasteiger partial charge in [-0.2, -0.15) is 0 Å². The Kier molecular flexibility index (Phi) is 4.99. The van der Waals surface area contributed by atoms with Crippen molar-refractivity contribution in [1.29, 1.82) is 0 Å². The third kappa shape index (κ3) is 3.16. The molecule has 0 bridgehead atoms. The Morgan fingerprint density at radius 1 is 0.958 bits per heavy atom. The normalized spacial score (nSPS) is 21.4. The maximum absolute atomic E-state index is 12.6. The smallest absolute Gasteiger partial charge is 0.310 e. The van der Waals surface area contributed by atoms with E-state index in [0.29, 0.717) is 12.5 Å². The first-order valence-corrected chi connectivity index (χ1v) is 8.87. The molecule has 132 valence electrons. The highest BCUT2D eigenvalue weighted by Crippen LogP contribution is 2.59. The summed E-state index contributed by atoms with van der Waals surface area (Å²) in [4.78, 5) is 12.6. The van der Waals surface area contributed by atoms with E-state index in [0.717, 1.165) is 0 Å². The van der Waals surface area contributed by atoms with Crippen LogP contribution in [0.3, 0.4) is 0 Å². The summed E-state index contributed by atoms with van der Waals surface area (Å²) in [5.74, 6) is 0.233. The molecule has 1 saturated carbocycles. The second-order valence-electron chi connectivity index (χ2n) is 8.28. The van der Waals surface area contributed by atoms with Gasteiger partial charge in [-0.1, -0.05) is 25.5 Å². The van der Waals surface area contributed by atoms with Crippen LogP contribution in [0.15, 0.2) is 11.6 Å². The van der Waals surface area contributed by atoms with Crippen molar-refractivity contribution >= 4 is 5.97 Å². The topological polar surface area (TPSA) is 26.3 Å². The van der Waals surface area contributed by atoms with E-state index >= 15 is 0 Å². The van der Waals surface area contributed by atoms with Crippen molar-refractivity contribution < 1.29 is 9.53 Å². The van der Waals surface area contributed by atoms with E-state index in [1.165, 1.54) is 39.0 Å². The van der Waals surface area contributed by atoms with Crippen molar-refractivity contribution in [1.82, 2.24) is 0 Å². The lowest BCUT2D eigenvalue weighted by atomic mass is 9.90. The molecule has 0 amide bonds. The van der Waals surface area contributed by atoms with Crippen LogP contribution in [0.1, 0.15) is 61.1 Å². The van der Waals surface area contributed by atoms with Crippen molar-refractivity contribution in [2.24, 2.45) is 17.3 Å². The molecule has 0 aromatic heterocycles. The van der Waals surface area contributed by atoms with Crippen LogP contribution in [-0.2, 0) is 16.1 Å². The largest absolute Gasteiger partial charge is 0.461 e. The average Bonchev–Trinajstić information content (AvgIpc) is 3.02. The Labute approximate surface area is 147 Å². The standard InChI is InChI=1S/C22H32O2/c1-12(2)10-19-20(22(19,8)9)21(23)24-11-18-16(6)14(4)13(3)15(5)17(18)7/h10,19-20H,11H2,1-9H3. The van der Waals surface area contributed by atoms with Crippen LogP contribution in [0, 0.1) is 51.9 Å². The molecule has 1 aliphatic carbocycles. The molecular weight excluding hydrogens is 296 g/mol. The van der Waals surface area contributed by atoms with Gasteiger partial charge in [0.15, 0.2) is 0 Å². The first-order chi connectivity index (χ1) is 11.0. The van der Waals surface area contributed by atoms with Crippen molar-refractivity contribution in [3.8, 4) is 0 Å². The monoisotopic (exact) mass is 328 g/mol. The van der Waals surface area contributed by atoms with Crippen LogP contribution >= 0.6 is 0 Å². The van der Waals surface area contributed by atoms with Crippen LogP contribution in [0.2, 0.25) is 0 Å². The summed E-state index contributed by atoms with van der Waals surface area (Å²) in [5.41, 5.74) is 8.89. The molecular formula is C22H32O2. The van der Waals surface area contributed by atoms with Gasteiger partial charge in [0, 0.05) is 0 Å². The number of hydrogen-bond acceptors (Lipinski definition) is 2. The first kappa shape index (κ1) is 18.8. The van der Waals surface area contributed by atoms with E-state index < -0.39 is 0 Å². The van der Waals surface area contributed by atoms with Crippen LogP contribution in [0.5, 0.6) is 0 Å². The summed E-state index contributed by atoms with van der Waals surface area (Å²) in [6, 6.07) is 0. The highest BCUT2D eigenvalue weighted by Gasteiger charge is 2.61. The van der Waals surface area contributed by atoms with Gasteiger partial charge in [-0.15, -0.1) is 0 Å². The second-order valence-corrected chi connectivity index (χ2v) is 8.28. The fourth-order valence-corrected chi connectivity index (χ4v) is 3.83. The highest BCUT2D eigenvalue weighted by atomic mass is 16.5. The minimum absolute atomic E-state index is 0.0115.